The predicted molar refractivity (Wildman–Crippen MR) is 74.4 cm³/mol. The Morgan fingerprint density at radius 3 is 2.74 bits per heavy atom. The average Bonchev–Trinajstić information content (AvgIpc) is 2.33. The molecule has 2 rings (SSSR count). The fraction of sp³-hybridized carbons (Fsp3) is 0.500. The first kappa shape index (κ1) is 14.1. The lowest BCUT2D eigenvalue weighted by Crippen LogP contribution is -2.30. The lowest BCUT2D eigenvalue weighted by Gasteiger charge is -2.25. The molecular weight excluding hydrogens is 266 g/mol. The summed E-state index contributed by atoms with van der Waals surface area (Å²) in [6.07, 6.45) is 1.97. The zero-order valence-electron chi connectivity index (χ0n) is 10.8. The molecule has 1 atom stereocenters. The molecule has 0 aliphatic carbocycles. The van der Waals surface area contributed by atoms with Crippen molar-refractivity contribution in [1.82, 2.24) is 0 Å². The molecule has 1 aliphatic rings. The van der Waals surface area contributed by atoms with Crippen molar-refractivity contribution in [3.05, 3.63) is 17.7 Å². The van der Waals surface area contributed by atoms with E-state index in [9.17, 15) is 8.42 Å². The number of hydrogen-bond donors (Lipinski definition) is 3. The van der Waals surface area contributed by atoms with Crippen LogP contribution < -0.4 is 16.2 Å². The number of primary sulfonamides is 1. The molecule has 0 aromatic heterocycles. The summed E-state index contributed by atoms with van der Waals surface area (Å²) in [7, 11) is -3.77. The molecule has 106 valence electrons. The molecule has 0 saturated carbocycles. The van der Waals surface area contributed by atoms with Crippen LogP contribution in [-0.2, 0) is 14.8 Å². The highest BCUT2D eigenvalue weighted by molar-refractivity contribution is 7.89. The Labute approximate surface area is 113 Å². The van der Waals surface area contributed by atoms with E-state index in [4.69, 9.17) is 15.6 Å². The topological polar surface area (TPSA) is 107 Å². The second-order valence-corrected chi connectivity index (χ2v) is 6.32. The van der Waals surface area contributed by atoms with E-state index in [0.717, 1.165) is 19.4 Å². The van der Waals surface area contributed by atoms with E-state index in [1.807, 2.05) is 0 Å². The summed E-state index contributed by atoms with van der Waals surface area (Å²) < 4.78 is 28.4. The van der Waals surface area contributed by atoms with Gasteiger partial charge in [-0.3, -0.25) is 0 Å². The van der Waals surface area contributed by atoms with Gasteiger partial charge in [0.2, 0.25) is 10.0 Å². The van der Waals surface area contributed by atoms with Crippen molar-refractivity contribution in [1.29, 1.82) is 0 Å². The van der Waals surface area contributed by atoms with E-state index in [2.05, 4.69) is 5.32 Å². The van der Waals surface area contributed by atoms with Gasteiger partial charge in [0.1, 0.15) is 0 Å². The summed E-state index contributed by atoms with van der Waals surface area (Å²) >= 11 is 0. The molecule has 1 aliphatic heterocycles. The van der Waals surface area contributed by atoms with Gasteiger partial charge in [0.25, 0.3) is 0 Å². The highest BCUT2D eigenvalue weighted by atomic mass is 32.2. The number of sulfonamides is 1. The number of benzene rings is 1. The molecule has 1 aromatic carbocycles. The maximum atomic E-state index is 11.5. The third-order valence-corrected chi connectivity index (χ3v) is 4.25. The van der Waals surface area contributed by atoms with Gasteiger partial charge in [0.05, 0.1) is 11.5 Å². The minimum absolute atomic E-state index is 0.0618. The summed E-state index contributed by atoms with van der Waals surface area (Å²) in [5.41, 5.74) is 7.39. The van der Waals surface area contributed by atoms with Crippen molar-refractivity contribution < 1.29 is 13.2 Å². The average molecular weight is 285 g/mol. The van der Waals surface area contributed by atoms with E-state index in [-0.39, 0.29) is 10.9 Å². The third-order valence-electron chi connectivity index (χ3n) is 3.21. The van der Waals surface area contributed by atoms with E-state index >= 15 is 0 Å². The number of nitrogens with two attached hydrogens (primary N) is 2. The van der Waals surface area contributed by atoms with Crippen molar-refractivity contribution in [2.45, 2.75) is 30.7 Å². The van der Waals surface area contributed by atoms with Gasteiger partial charge in [0.15, 0.2) is 0 Å². The predicted octanol–water partition coefficient (Wildman–Crippen LogP) is 0.816. The third kappa shape index (κ3) is 3.37. The first-order chi connectivity index (χ1) is 8.88. The van der Waals surface area contributed by atoms with Gasteiger partial charge < -0.3 is 15.8 Å². The summed E-state index contributed by atoms with van der Waals surface area (Å²) in [5, 5.41) is 8.47. The van der Waals surface area contributed by atoms with Crippen LogP contribution in [0.25, 0.3) is 0 Å². The van der Waals surface area contributed by atoms with Crippen molar-refractivity contribution in [3.63, 3.8) is 0 Å². The van der Waals surface area contributed by atoms with Crippen LogP contribution in [0.5, 0.6) is 0 Å². The minimum atomic E-state index is -3.77. The first-order valence-electron chi connectivity index (χ1n) is 6.15. The van der Waals surface area contributed by atoms with Gasteiger partial charge in [-0.15, -0.1) is 0 Å². The molecule has 1 aromatic rings. The summed E-state index contributed by atoms with van der Waals surface area (Å²) in [4.78, 5) is 0.0618. The molecule has 0 spiro atoms. The summed E-state index contributed by atoms with van der Waals surface area (Å²) in [6.45, 7) is 3.10. The van der Waals surface area contributed by atoms with Crippen LogP contribution in [0.15, 0.2) is 17.0 Å². The van der Waals surface area contributed by atoms with Crippen LogP contribution in [0.2, 0.25) is 0 Å². The smallest absolute Gasteiger partial charge is 0.238 e. The normalized spacial score (nSPS) is 20.2. The van der Waals surface area contributed by atoms with Crippen LogP contribution >= 0.6 is 0 Å². The highest BCUT2D eigenvalue weighted by Crippen LogP contribution is 2.27. The largest absolute Gasteiger partial charge is 0.399 e. The number of hydrogen-bond acceptors (Lipinski definition) is 5. The van der Waals surface area contributed by atoms with E-state index < -0.39 is 10.0 Å². The second-order valence-electron chi connectivity index (χ2n) is 4.80. The molecule has 0 radical (unpaired) electrons. The van der Waals surface area contributed by atoms with Crippen LogP contribution in [-0.4, -0.2) is 27.7 Å². The standard InChI is InChI=1S/C12H19N3O3S/c1-8-11(15-10-3-2-4-18-7-10)5-9(13)6-12(8)19(14,16)17/h5-6,10,15H,2-4,7,13H2,1H3,(H2,14,16,17). The maximum absolute atomic E-state index is 11.5. The van der Waals surface area contributed by atoms with Gasteiger partial charge in [0, 0.05) is 24.0 Å². The maximum Gasteiger partial charge on any atom is 0.238 e. The molecule has 1 saturated heterocycles. The number of nitrogen functional groups attached to an aromatic ring is 1. The van der Waals surface area contributed by atoms with E-state index in [1.165, 1.54) is 6.07 Å². The zero-order chi connectivity index (χ0) is 14.0. The van der Waals surface area contributed by atoms with E-state index in [0.29, 0.717) is 23.5 Å². The molecule has 1 heterocycles. The molecule has 1 fully saturated rings. The molecule has 0 bridgehead atoms. The van der Waals surface area contributed by atoms with Crippen molar-refractivity contribution in [2.75, 3.05) is 24.3 Å². The van der Waals surface area contributed by atoms with Gasteiger partial charge in [-0.2, -0.15) is 0 Å². The van der Waals surface area contributed by atoms with Crippen LogP contribution in [0.4, 0.5) is 11.4 Å². The number of rotatable bonds is 3. The Hall–Kier alpha value is -1.31. The molecule has 7 heteroatoms. The lowest BCUT2D eigenvalue weighted by atomic mass is 10.1. The number of nitrogens with one attached hydrogen (secondary N) is 1. The van der Waals surface area contributed by atoms with Crippen LogP contribution in [0, 0.1) is 6.92 Å². The minimum Gasteiger partial charge on any atom is -0.399 e. The van der Waals surface area contributed by atoms with Gasteiger partial charge in [-0.05, 0) is 37.5 Å². The Bertz CT molecular complexity index is 566. The number of anilines is 2. The second kappa shape index (κ2) is 5.36. The van der Waals surface area contributed by atoms with E-state index in [1.54, 1.807) is 13.0 Å². The lowest BCUT2D eigenvalue weighted by molar-refractivity contribution is 0.0876. The monoisotopic (exact) mass is 285 g/mol. The quantitative estimate of drug-likeness (QED) is 0.712. The zero-order valence-corrected chi connectivity index (χ0v) is 11.7. The Balaban J connectivity index is 2.32. The van der Waals surface area contributed by atoms with Crippen molar-refractivity contribution in [2.24, 2.45) is 5.14 Å². The SMILES string of the molecule is Cc1c(NC2CCCOC2)cc(N)cc1S(N)(=O)=O. The first-order valence-corrected chi connectivity index (χ1v) is 7.70. The van der Waals surface area contributed by atoms with Crippen molar-refractivity contribution in [3.8, 4) is 0 Å². The molecule has 1 unspecified atom stereocenters. The molecule has 5 N–H and O–H groups in total. The molecule has 0 amide bonds. The van der Waals surface area contributed by atoms with Crippen LogP contribution in [0.3, 0.4) is 0 Å². The molecule has 6 nitrogen and oxygen atoms in total. The Morgan fingerprint density at radius 1 is 1.42 bits per heavy atom. The highest BCUT2D eigenvalue weighted by Gasteiger charge is 2.19. The van der Waals surface area contributed by atoms with Crippen LogP contribution in [0.1, 0.15) is 18.4 Å². The summed E-state index contributed by atoms with van der Waals surface area (Å²) in [5.74, 6) is 0. The molecule has 19 heavy (non-hydrogen) atoms. The molecular formula is C12H19N3O3S. The Kier molecular flexibility index (Phi) is 3.98. The van der Waals surface area contributed by atoms with Crippen molar-refractivity contribution >= 4 is 21.4 Å². The fourth-order valence-corrected chi connectivity index (χ4v) is 3.07. The van der Waals surface area contributed by atoms with Gasteiger partial charge in [-0.25, -0.2) is 13.6 Å². The van der Waals surface area contributed by atoms with Gasteiger partial charge >= 0.3 is 0 Å². The summed E-state index contributed by atoms with van der Waals surface area (Å²) in [6, 6.07) is 3.27. The van der Waals surface area contributed by atoms with Gasteiger partial charge in [-0.1, -0.05) is 0 Å². The Morgan fingerprint density at radius 2 is 2.16 bits per heavy atom. The number of ether oxygens (including phenoxy) is 1. The fourth-order valence-electron chi connectivity index (χ4n) is 2.23.